The maximum absolute atomic E-state index is 11.5. The smallest absolute Gasteiger partial charge is 0.344 e. The number of carbonyl (C=O) groups excluding carboxylic acids is 3. The standard InChI is InChI=1S/C14H18N2O5/c1-8-4-9(2)6-11(5-8)20-7-12(17)21-10(3)13(18)16-14(15)19/h4-6,10H,7H2,1-3H3,(H3,15,16,18,19)/t10-/m0/s1. The first-order valence-corrected chi connectivity index (χ1v) is 6.29. The van der Waals surface area contributed by atoms with Crippen molar-refractivity contribution in [3.05, 3.63) is 29.3 Å². The molecule has 0 aliphatic rings. The van der Waals surface area contributed by atoms with Crippen molar-refractivity contribution in [3.8, 4) is 5.75 Å². The highest BCUT2D eigenvalue weighted by molar-refractivity contribution is 5.96. The number of carbonyl (C=O) groups is 3. The molecule has 0 heterocycles. The molecular formula is C14H18N2O5. The van der Waals surface area contributed by atoms with E-state index in [0.29, 0.717) is 5.75 Å². The van der Waals surface area contributed by atoms with Crippen molar-refractivity contribution < 1.29 is 23.9 Å². The third-order valence-corrected chi connectivity index (χ3v) is 2.48. The zero-order valence-electron chi connectivity index (χ0n) is 12.1. The predicted octanol–water partition coefficient (Wildman–Crippen LogP) is 0.809. The van der Waals surface area contributed by atoms with Crippen LogP contribution in [0.3, 0.4) is 0 Å². The van der Waals surface area contributed by atoms with Crippen molar-refractivity contribution in [2.45, 2.75) is 26.9 Å². The summed E-state index contributed by atoms with van der Waals surface area (Å²) in [5, 5.41) is 1.82. The lowest BCUT2D eigenvalue weighted by Gasteiger charge is -2.13. The van der Waals surface area contributed by atoms with E-state index in [-0.39, 0.29) is 6.61 Å². The molecule has 0 radical (unpaired) electrons. The third-order valence-electron chi connectivity index (χ3n) is 2.48. The maximum Gasteiger partial charge on any atom is 0.344 e. The first-order valence-electron chi connectivity index (χ1n) is 6.29. The van der Waals surface area contributed by atoms with E-state index in [4.69, 9.17) is 15.2 Å². The van der Waals surface area contributed by atoms with Crippen LogP contribution < -0.4 is 15.8 Å². The van der Waals surface area contributed by atoms with Crippen LogP contribution >= 0.6 is 0 Å². The molecule has 1 aromatic rings. The van der Waals surface area contributed by atoms with Crippen LogP contribution in [-0.4, -0.2) is 30.6 Å². The number of primary amides is 1. The molecule has 0 aliphatic carbocycles. The van der Waals surface area contributed by atoms with Gasteiger partial charge in [0, 0.05) is 0 Å². The van der Waals surface area contributed by atoms with Crippen LogP contribution in [-0.2, 0) is 14.3 Å². The Kier molecular flexibility index (Phi) is 5.71. The van der Waals surface area contributed by atoms with Gasteiger partial charge in [0.05, 0.1) is 0 Å². The van der Waals surface area contributed by atoms with Gasteiger partial charge in [-0.3, -0.25) is 10.1 Å². The summed E-state index contributed by atoms with van der Waals surface area (Å²) >= 11 is 0. The van der Waals surface area contributed by atoms with Crippen LogP contribution in [0.2, 0.25) is 0 Å². The lowest BCUT2D eigenvalue weighted by Crippen LogP contribution is -2.42. The third kappa shape index (κ3) is 5.94. The lowest BCUT2D eigenvalue weighted by atomic mass is 10.1. The van der Waals surface area contributed by atoms with Gasteiger partial charge in [-0.15, -0.1) is 0 Å². The van der Waals surface area contributed by atoms with Crippen LogP contribution in [0.15, 0.2) is 18.2 Å². The van der Waals surface area contributed by atoms with E-state index in [1.165, 1.54) is 6.92 Å². The van der Waals surface area contributed by atoms with Gasteiger partial charge in [-0.05, 0) is 44.0 Å². The van der Waals surface area contributed by atoms with Gasteiger partial charge in [-0.1, -0.05) is 6.07 Å². The van der Waals surface area contributed by atoms with Crippen molar-refractivity contribution in [2.75, 3.05) is 6.61 Å². The molecule has 0 saturated heterocycles. The van der Waals surface area contributed by atoms with Gasteiger partial charge in [0.25, 0.3) is 5.91 Å². The summed E-state index contributed by atoms with van der Waals surface area (Å²) in [4.78, 5) is 33.4. The first kappa shape index (κ1) is 16.5. The van der Waals surface area contributed by atoms with Gasteiger partial charge in [0.1, 0.15) is 5.75 Å². The Bertz CT molecular complexity index is 536. The molecule has 0 fully saturated rings. The highest BCUT2D eigenvalue weighted by Crippen LogP contribution is 2.16. The van der Waals surface area contributed by atoms with E-state index >= 15 is 0 Å². The Morgan fingerprint density at radius 3 is 2.29 bits per heavy atom. The van der Waals surface area contributed by atoms with Gasteiger partial charge < -0.3 is 15.2 Å². The predicted molar refractivity (Wildman–Crippen MR) is 74.7 cm³/mol. The summed E-state index contributed by atoms with van der Waals surface area (Å²) in [6.07, 6.45) is -1.13. The molecule has 1 rings (SSSR count). The number of hydrogen-bond donors (Lipinski definition) is 2. The SMILES string of the molecule is Cc1cc(C)cc(OCC(=O)O[C@@H](C)C(=O)NC(N)=O)c1. The molecule has 7 heteroatoms. The van der Waals surface area contributed by atoms with Gasteiger partial charge >= 0.3 is 12.0 Å². The van der Waals surface area contributed by atoms with Crippen molar-refractivity contribution in [1.29, 1.82) is 0 Å². The summed E-state index contributed by atoms with van der Waals surface area (Å²) in [7, 11) is 0. The molecular weight excluding hydrogens is 276 g/mol. The number of nitrogens with two attached hydrogens (primary N) is 1. The summed E-state index contributed by atoms with van der Waals surface area (Å²) in [5.74, 6) is -0.970. The molecule has 7 nitrogen and oxygen atoms in total. The number of amides is 3. The molecule has 1 atom stereocenters. The number of aryl methyl sites for hydroxylation is 2. The second kappa shape index (κ2) is 7.28. The summed E-state index contributed by atoms with van der Waals surface area (Å²) in [5.41, 5.74) is 6.80. The Labute approximate surface area is 122 Å². The molecule has 3 N–H and O–H groups in total. The lowest BCUT2D eigenvalue weighted by molar-refractivity contribution is -0.156. The summed E-state index contributed by atoms with van der Waals surface area (Å²) < 4.78 is 10.1. The average Bonchev–Trinajstić information content (AvgIpc) is 2.34. The number of esters is 1. The number of ether oxygens (including phenoxy) is 2. The minimum absolute atomic E-state index is 0.336. The largest absolute Gasteiger partial charge is 0.482 e. The minimum atomic E-state index is -1.13. The zero-order valence-corrected chi connectivity index (χ0v) is 12.1. The number of hydrogen-bond acceptors (Lipinski definition) is 5. The normalized spacial score (nSPS) is 11.4. The first-order chi connectivity index (χ1) is 9.77. The average molecular weight is 294 g/mol. The molecule has 3 amide bonds. The van der Waals surface area contributed by atoms with Gasteiger partial charge in [0.15, 0.2) is 12.7 Å². The van der Waals surface area contributed by atoms with Gasteiger partial charge in [-0.2, -0.15) is 0 Å². The Morgan fingerprint density at radius 2 is 1.76 bits per heavy atom. The van der Waals surface area contributed by atoms with Crippen LogP contribution in [0.1, 0.15) is 18.1 Å². The Morgan fingerprint density at radius 1 is 1.19 bits per heavy atom. The minimum Gasteiger partial charge on any atom is -0.482 e. The van der Waals surface area contributed by atoms with Crippen molar-refractivity contribution in [2.24, 2.45) is 5.73 Å². The van der Waals surface area contributed by atoms with E-state index in [1.54, 1.807) is 12.1 Å². The van der Waals surface area contributed by atoms with E-state index < -0.39 is 24.0 Å². The number of imide groups is 1. The van der Waals surface area contributed by atoms with Gasteiger partial charge in [-0.25, -0.2) is 9.59 Å². The highest BCUT2D eigenvalue weighted by atomic mass is 16.6. The Hall–Kier alpha value is -2.57. The highest BCUT2D eigenvalue weighted by Gasteiger charge is 2.19. The van der Waals surface area contributed by atoms with E-state index in [2.05, 4.69) is 0 Å². The van der Waals surface area contributed by atoms with E-state index in [0.717, 1.165) is 11.1 Å². The molecule has 114 valence electrons. The molecule has 0 unspecified atom stereocenters. The molecule has 0 aliphatic heterocycles. The molecule has 0 bridgehead atoms. The van der Waals surface area contributed by atoms with Crippen LogP contribution in [0, 0.1) is 13.8 Å². The maximum atomic E-state index is 11.5. The number of benzene rings is 1. The van der Waals surface area contributed by atoms with Crippen LogP contribution in [0.4, 0.5) is 4.79 Å². The molecule has 1 aromatic carbocycles. The number of urea groups is 1. The zero-order chi connectivity index (χ0) is 16.0. The number of nitrogens with one attached hydrogen (secondary N) is 1. The fourth-order valence-corrected chi connectivity index (χ4v) is 1.67. The van der Waals surface area contributed by atoms with Crippen molar-refractivity contribution >= 4 is 17.9 Å². The Balaban J connectivity index is 2.47. The van der Waals surface area contributed by atoms with Crippen LogP contribution in [0.25, 0.3) is 0 Å². The van der Waals surface area contributed by atoms with Crippen molar-refractivity contribution in [3.63, 3.8) is 0 Å². The second-order valence-corrected chi connectivity index (χ2v) is 4.60. The van der Waals surface area contributed by atoms with Crippen LogP contribution in [0.5, 0.6) is 5.75 Å². The number of rotatable bonds is 5. The quantitative estimate of drug-likeness (QED) is 0.781. The fourth-order valence-electron chi connectivity index (χ4n) is 1.67. The molecule has 0 spiro atoms. The molecule has 21 heavy (non-hydrogen) atoms. The molecule has 0 saturated carbocycles. The topological polar surface area (TPSA) is 108 Å². The fraction of sp³-hybridized carbons (Fsp3) is 0.357. The summed E-state index contributed by atoms with van der Waals surface area (Å²) in [6.45, 7) is 4.81. The summed E-state index contributed by atoms with van der Waals surface area (Å²) in [6, 6.07) is 4.53. The van der Waals surface area contributed by atoms with E-state index in [9.17, 15) is 14.4 Å². The van der Waals surface area contributed by atoms with Crippen molar-refractivity contribution in [1.82, 2.24) is 5.32 Å². The van der Waals surface area contributed by atoms with E-state index in [1.807, 2.05) is 25.2 Å². The second-order valence-electron chi connectivity index (χ2n) is 4.60. The van der Waals surface area contributed by atoms with Gasteiger partial charge in [0.2, 0.25) is 0 Å². The monoisotopic (exact) mass is 294 g/mol. The molecule has 0 aromatic heterocycles.